The third kappa shape index (κ3) is 4.45. The first-order valence-corrected chi connectivity index (χ1v) is 7.98. The number of hydrogen-bond acceptors (Lipinski definition) is 4. The van der Waals surface area contributed by atoms with Crippen molar-refractivity contribution >= 4 is 22.8 Å². The molecule has 0 unspecified atom stereocenters. The summed E-state index contributed by atoms with van der Waals surface area (Å²) in [5.41, 5.74) is 8.06. The first kappa shape index (κ1) is 20.4. The van der Waals surface area contributed by atoms with Gasteiger partial charge in [0.2, 0.25) is 5.43 Å². The molecule has 27 heavy (non-hydrogen) atoms. The Bertz CT molecular complexity index is 950. The van der Waals surface area contributed by atoms with Gasteiger partial charge in [-0.05, 0) is 43.0 Å². The van der Waals surface area contributed by atoms with Gasteiger partial charge in [-0.3, -0.25) is 4.79 Å². The van der Waals surface area contributed by atoms with E-state index >= 15 is 0 Å². The second-order valence-corrected chi connectivity index (χ2v) is 5.97. The van der Waals surface area contributed by atoms with Gasteiger partial charge < -0.3 is 20.5 Å². The Morgan fingerprint density at radius 2 is 1.85 bits per heavy atom. The molecular formula is C17H17F3N2O5. The largest absolute Gasteiger partial charge is 0.490 e. The fourth-order valence-corrected chi connectivity index (χ4v) is 2.91. The van der Waals surface area contributed by atoms with E-state index in [9.17, 15) is 22.8 Å². The lowest BCUT2D eigenvalue weighted by molar-refractivity contribution is -0.192. The van der Waals surface area contributed by atoms with Crippen molar-refractivity contribution < 1.29 is 33.0 Å². The average molecular weight is 386 g/mol. The van der Waals surface area contributed by atoms with E-state index in [1.165, 1.54) is 6.20 Å². The Morgan fingerprint density at radius 3 is 2.37 bits per heavy atom. The number of alkyl halides is 3. The normalized spacial score (nSPS) is 12.6. The number of aliphatic carboxylic acids is 1. The Kier molecular flexibility index (Phi) is 5.89. The van der Waals surface area contributed by atoms with Gasteiger partial charge in [0.25, 0.3) is 0 Å². The van der Waals surface area contributed by atoms with Crippen LogP contribution in [-0.2, 0) is 24.2 Å². The minimum absolute atomic E-state index is 0.152. The monoisotopic (exact) mass is 386 g/mol. The highest BCUT2D eigenvalue weighted by molar-refractivity contribution is 5.94. The lowest BCUT2D eigenvalue weighted by atomic mass is 10.0. The van der Waals surface area contributed by atoms with Crippen molar-refractivity contribution in [2.45, 2.75) is 32.0 Å². The van der Waals surface area contributed by atoms with Crippen LogP contribution in [0, 0.1) is 0 Å². The van der Waals surface area contributed by atoms with Crippen LogP contribution in [0.25, 0.3) is 10.9 Å². The van der Waals surface area contributed by atoms with Crippen LogP contribution >= 0.6 is 0 Å². The predicted octanol–water partition coefficient (Wildman–Crippen LogP) is 1.78. The van der Waals surface area contributed by atoms with Crippen LogP contribution in [0.1, 0.15) is 27.9 Å². The minimum Gasteiger partial charge on any atom is -0.477 e. The maximum atomic E-state index is 12.3. The number of aromatic carboxylic acids is 1. The van der Waals surface area contributed by atoms with Crippen molar-refractivity contribution in [2.24, 2.45) is 5.73 Å². The number of aryl methyl sites for hydroxylation is 3. The van der Waals surface area contributed by atoms with E-state index < -0.39 is 18.1 Å². The highest BCUT2D eigenvalue weighted by Gasteiger charge is 2.38. The second-order valence-electron chi connectivity index (χ2n) is 5.97. The summed E-state index contributed by atoms with van der Waals surface area (Å²) in [5, 5.41) is 16.8. The highest BCUT2D eigenvalue weighted by atomic mass is 19.4. The second kappa shape index (κ2) is 7.78. The van der Waals surface area contributed by atoms with Gasteiger partial charge in [-0.2, -0.15) is 13.2 Å². The Morgan fingerprint density at radius 1 is 1.22 bits per heavy atom. The molecule has 2 heterocycles. The van der Waals surface area contributed by atoms with Crippen LogP contribution in [0.2, 0.25) is 0 Å². The lowest BCUT2D eigenvalue weighted by Crippen LogP contribution is -2.21. The smallest absolute Gasteiger partial charge is 0.477 e. The van der Waals surface area contributed by atoms with Crippen LogP contribution < -0.4 is 11.2 Å². The van der Waals surface area contributed by atoms with Crippen LogP contribution in [0.5, 0.6) is 0 Å². The first-order valence-electron chi connectivity index (χ1n) is 7.98. The summed E-state index contributed by atoms with van der Waals surface area (Å²) in [6, 6.07) is 3.94. The van der Waals surface area contributed by atoms with Crippen LogP contribution in [0.4, 0.5) is 13.2 Å². The molecule has 0 spiro atoms. The topological polar surface area (TPSA) is 123 Å². The third-order valence-electron chi connectivity index (χ3n) is 4.07. The summed E-state index contributed by atoms with van der Waals surface area (Å²) in [7, 11) is 0. The number of nitrogens with two attached hydrogens (primary N) is 1. The third-order valence-corrected chi connectivity index (χ3v) is 4.07. The lowest BCUT2D eigenvalue weighted by Gasteiger charge is -2.08. The van der Waals surface area contributed by atoms with Gasteiger partial charge in [0.15, 0.2) is 0 Å². The van der Waals surface area contributed by atoms with Gasteiger partial charge >= 0.3 is 18.1 Å². The minimum atomic E-state index is -5.08. The summed E-state index contributed by atoms with van der Waals surface area (Å²) in [5.74, 6) is -3.92. The maximum Gasteiger partial charge on any atom is 0.490 e. The van der Waals surface area contributed by atoms with E-state index in [2.05, 4.69) is 6.07 Å². The molecule has 1 aromatic carbocycles. The number of benzene rings is 1. The summed E-state index contributed by atoms with van der Waals surface area (Å²) >= 11 is 0. The molecule has 7 nitrogen and oxygen atoms in total. The van der Waals surface area contributed by atoms with Gasteiger partial charge in [0.05, 0.1) is 5.52 Å². The van der Waals surface area contributed by atoms with E-state index in [4.69, 9.17) is 20.7 Å². The van der Waals surface area contributed by atoms with Gasteiger partial charge in [0, 0.05) is 18.1 Å². The molecule has 146 valence electrons. The molecule has 0 radical (unpaired) electrons. The number of nitrogens with zero attached hydrogens (tertiary/aromatic N) is 1. The molecule has 4 N–H and O–H groups in total. The van der Waals surface area contributed by atoms with Crippen molar-refractivity contribution in [3.8, 4) is 0 Å². The predicted molar refractivity (Wildman–Crippen MR) is 89.9 cm³/mol. The number of carbonyl (C=O) groups is 2. The fraction of sp³-hybridized carbons (Fsp3) is 0.353. The average Bonchev–Trinajstić information content (AvgIpc) is 2.99. The van der Waals surface area contributed by atoms with Crippen molar-refractivity contribution in [2.75, 3.05) is 6.54 Å². The molecule has 0 fully saturated rings. The quantitative estimate of drug-likeness (QED) is 0.736. The van der Waals surface area contributed by atoms with Crippen LogP contribution in [-0.4, -0.2) is 39.4 Å². The van der Waals surface area contributed by atoms with E-state index in [1.807, 2.05) is 10.6 Å². The molecule has 0 aliphatic carbocycles. The standard InChI is InChI=1S/C15H16N2O3.C2HF3O2/c16-4-1-2-9-6-10-3-5-17-8-12(15(19)20)14(18)11(7-9)13(10)17;3-2(4,5)1(6)7/h6-8H,1-5,16H2,(H,19,20);(H,6,7). The van der Waals surface area contributed by atoms with E-state index in [0.29, 0.717) is 11.9 Å². The summed E-state index contributed by atoms with van der Waals surface area (Å²) < 4.78 is 33.6. The Balaban J connectivity index is 0.000000321. The van der Waals surface area contributed by atoms with E-state index in [1.54, 1.807) is 0 Å². The summed E-state index contributed by atoms with van der Waals surface area (Å²) in [6.45, 7) is 1.33. The van der Waals surface area contributed by atoms with Gasteiger partial charge in [-0.25, -0.2) is 9.59 Å². The molecule has 0 saturated carbocycles. The Hall–Kier alpha value is -2.88. The highest BCUT2D eigenvalue weighted by Crippen LogP contribution is 2.26. The number of hydrogen-bond donors (Lipinski definition) is 3. The van der Waals surface area contributed by atoms with E-state index in [-0.39, 0.29) is 11.0 Å². The fourth-order valence-electron chi connectivity index (χ4n) is 2.91. The molecule has 0 amide bonds. The Labute approximate surface area is 150 Å². The molecule has 1 aliphatic rings. The van der Waals surface area contributed by atoms with Crippen molar-refractivity contribution in [1.82, 2.24) is 4.57 Å². The molecule has 1 aliphatic heterocycles. The molecule has 2 aromatic rings. The molecule has 10 heteroatoms. The zero-order chi connectivity index (χ0) is 20.4. The van der Waals surface area contributed by atoms with Gasteiger partial charge in [-0.1, -0.05) is 6.07 Å². The number of halogens is 3. The summed E-state index contributed by atoms with van der Waals surface area (Å²) in [6.07, 6.45) is -1.10. The van der Waals surface area contributed by atoms with Gasteiger partial charge in [0.1, 0.15) is 5.56 Å². The molecule has 0 bridgehead atoms. The zero-order valence-corrected chi connectivity index (χ0v) is 14.0. The molecular weight excluding hydrogens is 369 g/mol. The van der Waals surface area contributed by atoms with Crippen molar-refractivity contribution in [1.29, 1.82) is 0 Å². The van der Waals surface area contributed by atoms with Gasteiger partial charge in [-0.15, -0.1) is 0 Å². The molecule has 3 rings (SSSR count). The number of carboxylic acids is 2. The molecule has 0 atom stereocenters. The SMILES string of the molecule is NCCCc1cc2c3c(c1)c(=O)c(C(=O)O)cn3CC2.O=C(O)C(F)(F)F. The maximum absolute atomic E-state index is 12.3. The number of rotatable bonds is 4. The van der Waals surface area contributed by atoms with Crippen LogP contribution in [0.3, 0.4) is 0 Å². The van der Waals surface area contributed by atoms with Crippen molar-refractivity contribution in [3.63, 3.8) is 0 Å². The summed E-state index contributed by atoms with van der Waals surface area (Å²) in [4.78, 5) is 32.4. The van der Waals surface area contributed by atoms with E-state index in [0.717, 1.165) is 42.5 Å². The molecule has 0 saturated heterocycles. The van der Waals surface area contributed by atoms with Crippen molar-refractivity contribution in [3.05, 3.63) is 45.2 Å². The van der Waals surface area contributed by atoms with Crippen LogP contribution in [0.15, 0.2) is 23.1 Å². The molecule has 1 aromatic heterocycles. The number of carboxylic acid groups (broad SMARTS) is 2. The first-order chi connectivity index (χ1) is 12.6. The number of aromatic nitrogens is 1. The zero-order valence-electron chi connectivity index (χ0n) is 14.0. The number of pyridine rings is 1.